The van der Waals surface area contributed by atoms with Gasteiger partial charge in [0.25, 0.3) is 10.0 Å². The summed E-state index contributed by atoms with van der Waals surface area (Å²) >= 11 is 0. The second-order valence-electron chi connectivity index (χ2n) is 7.80. The van der Waals surface area contributed by atoms with Crippen LogP contribution >= 0.6 is 0 Å². The third-order valence-corrected chi connectivity index (χ3v) is 6.06. The van der Waals surface area contributed by atoms with E-state index in [0.29, 0.717) is 23.6 Å². The van der Waals surface area contributed by atoms with Gasteiger partial charge in [-0.1, -0.05) is 63.2 Å². The van der Waals surface area contributed by atoms with Crippen LogP contribution in [0.4, 0.5) is 10.5 Å². The molecule has 2 N–H and O–H groups in total. The molecule has 0 aromatic heterocycles. The molecule has 2 amide bonds. The summed E-state index contributed by atoms with van der Waals surface area (Å²) in [4.78, 5) is 17.7. The van der Waals surface area contributed by atoms with Crippen LogP contribution in [0.5, 0.6) is 0 Å². The monoisotopic (exact) mass is 445 g/mol. The zero-order valence-corrected chi connectivity index (χ0v) is 19.7. The molecule has 0 saturated carbocycles. The van der Waals surface area contributed by atoms with Gasteiger partial charge in [-0.2, -0.15) is 0 Å². The lowest BCUT2D eigenvalue weighted by Gasteiger charge is -2.20. The minimum absolute atomic E-state index is 0.0348. The fourth-order valence-corrected chi connectivity index (χ4v) is 4.07. The lowest BCUT2D eigenvalue weighted by Crippen LogP contribution is -2.35. The molecule has 0 aliphatic rings. The van der Waals surface area contributed by atoms with Crippen LogP contribution in [0, 0.1) is 0 Å². The highest BCUT2D eigenvalue weighted by molar-refractivity contribution is 7.90. The SMILES string of the molecule is CCO/N=C(/C)c1cccc(S(=O)(=O)NC(=O)Nc2c(C(C)C)cccc2C(C)C)c1. The highest BCUT2D eigenvalue weighted by Gasteiger charge is 2.21. The van der Waals surface area contributed by atoms with Gasteiger partial charge in [0.1, 0.15) is 6.61 Å². The van der Waals surface area contributed by atoms with Crippen LogP contribution in [0.25, 0.3) is 0 Å². The van der Waals surface area contributed by atoms with E-state index in [-0.39, 0.29) is 16.7 Å². The average Bonchev–Trinajstić information content (AvgIpc) is 2.71. The van der Waals surface area contributed by atoms with Crippen LogP contribution in [0.3, 0.4) is 0 Å². The Labute approximate surface area is 184 Å². The molecule has 0 unspecified atom stereocenters. The lowest BCUT2D eigenvalue weighted by atomic mass is 9.93. The van der Waals surface area contributed by atoms with Gasteiger partial charge in [0.05, 0.1) is 10.6 Å². The summed E-state index contributed by atoms with van der Waals surface area (Å²) in [5.41, 5.74) is 3.67. The van der Waals surface area contributed by atoms with E-state index < -0.39 is 16.1 Å². The first-order valence-corrected chi connectivity index (χ1v) is 11.8. The molecule has 168 valence electrons. The maximum absolute atomic E-state index is 12.8. The van der Waals surface area contributed by atoms with Gasteiger partial charge in [0, 0.05) is 11.3 Å². The molecular weight excluding hydrogens is 414 g/mol. The molecule has 2 aromatic rings. The van der Waals surface area contributed by atoms with Crippen molar-refractivity contribution in [2.24, 2.45) is 5.16 Å². The second kappa shape index (κ2) is 10.4. The predicted octanol–water partition coefficient (Wildman–Crippen LogP) is 5.20. The summed E-state index contributed by atoms with van der Waals surface area (Å²) in [5.74, 6) is 0.324. The minimum Gasteiger partial charge on any atom is -0.396 e. The summed E-state index contributed by atoms with van der Waals surface area (Å²) in [6.45, 7) is 12.0. The molecular formula is C23H31N3O4S. The van der Waals surface area contributed by atoms with E-state index in [9.17, 15) is 13.2 Å². The zero-order chi connectivity index (χ0) is 23.2. The Balaban J connectivity index is 2.29. The number of nitrogens with one attached hydrogen (secondary N) is 2. The summed E-state index contributed by atoms with van der Waals surface area (Å²) in [6.07, 6.45) is 0. The highest BCUT2D eigenvalue weighted by atomic mass is 32.2. The van der Waals surface area contributed by atoms with Crippen LogP contribution in [0.2, 0.25) is 0 Å². The molecule has 0 heterocycles. The summed E-state index contributed by atoms with van der Waals surface area (Å²) in [6, 6.07) is 11.2. The lowest BCUT2D eigenvalue weighted by molar-refractivity contribution is 0.159. The van der Waals surface area contributed by atoms with Crippen molar-refractivity contribution >= 4 is 27.5 Å². The minimum atomic E-state index is -4.08. The van der Waals surface area contributed by atoms with E-state index in [1.807, 2.05) is 52.8 Å². The largest absolute Gasteiger partial charge is 0.396 e. The van der Waals surface area contributed by atoms with E-state index in [4.69, 9.17) is 4.84 Å². The molecule has 7 nitrogen and oxygen atoms in total. The van der Waals surface area contributed by atoms with Crippen molar-refractivity contribution in [1.82, 2.24) is 4.72 Å². The molecule has 8 heteroatoms. The van der Waals surface area contributed by atoms with Gasteiger partial charge in [0.2, 0.25) is 0 Å². The van der Waals surface area contributed by atoms with Crippen molar-refractivity contribution in [3.05, 3.63) is 59.2 Å². The molecule has 0 radical (unpaired) electrons. The zero-order valence-electron chi connectivity index (χ0n) is 18.9. The Morgan fingerprint density at radius 1 is 1.03 bits per heavy atom. The number of carbonyl (C=O) groups excluding carboxylic acids is 1. The fourth-order valence-electron chi connectivity index (χ4n) is 3.12. The smallest absolute Gasteiger partial charge is 0.333 e. The van der Waals surface area contributed by atoms with Gasteiger partial charge in [-0.05, 0) is 48.9 Å². The van der Waals surface area contributed by atoms with Gasteiger partial charge in [-0.25, -0.2) is 17.9 Å². The number of hydrogen-bond acceptors (Lipinski definition) is 5. The highest BCUT2D eigenvalue weighted by Crippen LogP contribution is 2.32. The van der Waals surface area contributed by atoms with Crippen LogP contribution in [0.1, 0.15) is 70.1 Å². The number of anilines is 1. The molecule has 31 heavy (non-hydrogen) atoms. The van der Waals surface area contributed by atoms with E-state index >= 15 is 0 Å². The van der Waals surface area contributed by atoms with Gasteiger partial charge >= 0.3 is 6.03 Å². The summed E-state index contributed by atoms with van der Waals surface area (Å²) in [5, 5.41) is 6.69. The van der Waals surface area contributed by atoms with Crippen molar-refractivity contribution in [2.45, 2.75) is 58.3 Å². The van der Waals surface area contributed by atoms with E-state index in [1.165, 1.54) is 12.1 Å². The van der Waals surface area contributed by atoms with Gasteiger partial charge in [0.15, 0.2) is 0 Å². The molecule has 0 fully saturated rings. The Bertz CT molecular complexity index is 1030. The van der Waals surface area contributed by atoms with Crippen LogP contribution in [-0.4, -0.2) is 26.8 Å². The molecule has 0 aliphatic carbocycles. The fraction of sp³-hybridized carbons (Fsp3) is 0.391. The Morgan fingerprint density at radius 2 is 1.61 bits per heavy atom. The topological polar surface area (TPSA) is 96.9 Å². The van der Waals surface area contributed by atoms with Crippen molar-refractivity contribution in [2.75, 3.05) is 11.9 Å². The number of amides is 2. The van der Waals surface area contributed by atoms with Gasteiger partial charge in [-0.3, -0.25) is 0 Å². The van der Waals surface area contributed by atoms with Crippen molar-refractivity contribution in [1.29, 1.82) is 0 Å². The van der Waals surface area contributed by atoms with Crippen molar-refractivity contribution in [3.63, 3.8) is 0 Å². The van der Waals surface area contributed by atoms with E-state index in [2.05, 4.69) is 15.2 Å². The maximum Gasteiger partial charge on any atom is 0.333 e. The molecule has 2 rings (SSSR count). The molecule has 0 saturated heterocycles. The molecule has 0 aliphatic heterocycles. The molecule has 0 spiro atoms. The maximum atomic E-state index is 12.8. The number of carbonyl (C=O) groups is 1. The number of rotatable bonds is 8. The standard InChI is InChI=1S/C23H31N3O4S/c1-7-30-25-17(6)18-10-8-11-19(14-18)31(28,29)26-23(27)24-22-20(15(2)3)12-9-13-21(22)16(4)5/h8-16H,7H2,1-6H3,(H2,24,26,27)/b25-17-. The number of nitrogens with zero attached hydrogens (tertiary/aromatic N) is 1. The number of benzene rings is 2. The van der Waals surface area contributed by atoms with E-state index in [1.54, 1.807) is 19.1 Å². The molecule has 0 atom stereocenters. The van der Waals surface area contributed by atoms with Crippen LogP contribution in [-0.2, 0) is 14.9 Å². The predicted molar refractivity (Wildman–Crippen MR) is 124 cm³/mol. The Hall–Kier alpha value is -2.87. The quantitative estimate of drug-likeness (QED) is 0.431. The van der Waals surface area contributed by atoms with Crippen LogP contribution < -0.4 is 10.0 Å². The van der Waals surface area contributed by atoms with Gasteiger partial charge in [-0.15, -0.1) is 0 Å². The number of urea groups is 1. The van der Waals surface area contributed by atoms with Crippen molar-refractivity contribution < 1.29 is 18.0 Å². The number of hydrogen-bond donors (Lipinski definition) is 2. The van der Waals surface area contributed by atoms with E-state index in [0.717, 1.165) is 11.1 Å². The molecule has 0 bridgehead atoms. The van der Waals surface area contributed by atoms with Gasteiger partial charge < -0.3 is 10.2 Å². The summed E-state index contributed by atoms with van der Waals surface area (Å²) < 4.78 is 27.7. The molecule has 2 aromatic carbocycles. The Kier molecular flexibility index (Phi) is 8.21. The first kappa shape index (κ1) is 24.4. The summed E-state index contributed by atoms with van der Waals surface area (Å²) in [7, 11) is -4.08. The number of oxime groups is 1. The normalized spacial score (nSPS) is 12.2. The average molecular weight is 446 g/mol. The Morgan fingerprint density at radius 3 is 2.16 bits per heavy atom. The second-order valence-corrected chi connectivity index (χ2v) is 9.49. The van der Waals surface area contributed by atoms with Crippen molar-refractivity contribution in [3.8, 4) is 0 Å². The number of para-hydroxylation sites is 1. The third kappa shape index (κ3) is 6.30. The number of sulfonamides is 1. The first-order valence-electron chi connectivity index (χ1n) is 10.3. The van der Waals surface area contributed by atoms with Crippen LogP contribution in [0.15, 0.2) is 52.5 Å². The third-order valence-electron chi connectivity index (χ3n) is 4.73. The first-order chi connectivity index (χ1) is 14.6.